The van der Waals surface area contributed by atoms with Gasteiger partial charge in [0.1, 0.15) is 5.69 Å². The number of guanidine groups is 2. The Bertz CT molecular complexity index is 755. The summed E-state index contributed by atoms with van der Waals surface area (Å²) >= 11 is 0. The molecule has 7 N–H and O–H groups in total. The minimum atomic E-state index is -6.21. The SMILES string of the molecule is NC(N)=NC(N)=Nc1ccc(C(O)(C(F)(F)F)C(F)(F)F)cc1[N+](=O)[O-]. The molecule has 144 valence electrons. The van der Waals surface area contributed by atoms with Crippen LogP contribution in [0.3, 0.4) is 0 Å². The Labute approximate surface area is 140 Å². The van der Waals surface area contributed by atoms with E-state index in [1.807, 2.05) is 0 Å². The number of nitrogens with two attached hydrogens (primary N) is 3. The molecular formula is C11H10F6N6O3. The fraction of sp³-hybridized carbons (Fsp3) is 0.273. The molecule has 0 aliphatic rings. The second-order valence-corrected chi connectivity index (χ2v) is 4.67. The predicted octanol–water partition coefficient (Wildman–Crippen LogP) is 1.13. The summed E-state index contributed by atoms with van der Waals surface area (Å²) in [5.41, 5.74) is 5.94. The zero-order valence-corrected chi connectivity index (χ0v) is 12.3. The van der Waals surface area contributed by atoms with E-state index in [0.717, 1.165) is 0 Å². The van der Waals surface area contributed by atoms with Gasteiger partial charge in [-0.2, -0.15) is 31.3 Å². The van der Waals surface area contributed by atoms with E-state index in [1.54, 1.807) is 0 Å². The van der Waals surface area contributed by atoms with Crippen molar-refractivity contribution >= 4 is 23.3 Å². The van der Waals surface area contributed by atoms with E-state index < -0.39 is 51.7 Å². The van der Waals surface area contributed by atoms with Crippen molar-refractivity contribution in [2.75, 3.05) is 0 Å². The molecule has 0 bridgehead atoms. The van der Waals surface area contributed by atoms with Crippen molar-refractivity contribution < 1.29 is 36.4 Å². The lowest BCUT2D eigenvalue weighted by Crippen LogP contribution is -2.53. The molecule has 0 atom stereocenters. The van der Waals surface area contributed by atoms with E-state index in [1.165, 1.54) is 0 Å². The molecular weight excluding hydrogens is 378 g/mol. The first kappa shape index (κ1) is 20.9. The number of alkyl halides is 6. The fourth-order valence-corrected chi connectivity index (χ4v) is 1.76. The smallest absolute Gasteiger partial charge is 0.370 e. The zero-order valence-electron chi connectivity index (χ0n) is 12.3. The van der Waals surface area contributed by atoms with Gasteiger partial charge in [0, 0.05) is 11.6 Å². The molecule has 0 aromatic heterocycles. The van der Waals surface area contributed by atoms with Gasteiger partial charge >= 0.3 is 12.4 Å². The zero-order chi connectivity index (χ0) is 20.5. The normalized spacial score (nSPS) is 13.4. The molecule has 0 saturated carbocycles. The van der Waals surface area contributed by atoms with Gasteiger partial charge in [-0.1, -0.05) is 6.07 Å². The molecule has 0 aliphatic carbocycles. The first-order valence-corrected chi connectivity index (χ1v) is 6.19. The fourth-order valence-electron chi connectivity index (χ4n) is 1.76. The van der Waals surface area contributed by atoms with Crippen molar-refractivity contribution in [3.63, 3.8) is 0 Å². The van der Waals surface area contributed by atoms with Gasteiger partial charge in [0.2, 0.25) is 5.96 Å². The van der Waals surface area contributed by atoms with Crippen LogP contribution in [-0.4, -0.2) is 34.3 Å². The van der Waals surface area contributed by atoms with Gasteiger partial charge in [-0.05, 0) is 6.07 Å². The summed E-state index contributed by atoms with van der Waals surface area (Å²) in [4.78, 5) is 16.2. The molecule has 0 amide bonds. The molecule has 1 aromatic rings. The summed E-state index contributed by atoms with van der Waals surface area (Å²) in [5.74, 6) is -1.35. The standard InChI is InChI=1S/C11H10F6N6O3/c12-10(13,14)9(24,11(15,16)17)4-1-2-5(6(3-4)23(25)26)21-8(20)22-7(18)19/h1-3,24H,(H6,18,19,20,21,22). The third kappa shape index (κ3) is 3.93. The maximum Gasteiger partial charge on any atom is 0.430 e. The maximum atomic E-state index is 12.8. The van der Waals surface area contributed by atoms with Gasteiger partial charge in [-0.25, -0.2) is 4.99 Å². The Morgan fingerprint density at radius 3 is 1.96 bits per heavy atom. The summed E-state index contributed by atoms with van der Waals surface area (Å²) in [6, 6.07) is 0.462. The first-order chi connectivity index (χ1) is 11.6. The summed E-state index contributed by atoms with van der Waals surface area (Å²) in [5, 5.41) is 20.2. The third-order valence-corrected chi connectivity index (χ3v) is 2.89. The van der Waals surface area contributed by atoms with Crippen molar-refractivity contribution in [2.45, 2.75) is 18.0 Å². The Morgan fingerprint density at radius 1 is 1.08 bits per heavy atom. The lowest BCUT2D eigenvalue weighted by atomic mass is 9.91. The van der Waals surface area contributed by atoms with Gasteiger partial charge < -0.3 is 22.3 Å². The van der Waals surface area contributed by atoms with Gasteiger partial charge in [-0.3, -0.25) is 10.1 Å². The van der Waals surface area contributed by atoms with Crippen LogP contribution in [0.25, 0.3) is 0 Å². The highest BCUT2D eigenvalue weighted by molar-refractivity contribution is 5.94. The monoisotopic (exact) mass is 388 g/mol. The van der Waals surface area contributed by atoms with Crippen molar-refractivity contribution in [3.8, 4) is 0 Å². The molecule has 1 rings (SSSR count). The number of aliphatic hydroxyl groups is 1. The highest BCUT2D eigenvalue weighted by atomic mass is 19.4. The quantitative estimate of drug-likeness (QED) is 0.199. The number of benzene rings is 1. The molecule has 0 radical (unpaired) electrons. The van der Waals surface area contributed by atoms with Crippen LogP contribution in [0.2, 0.25) is 0 Å². The molecule has 0 unspecified atom stereocenters. The van der Waals surface area contributed by atoms with Crippen LogP contribution in [0, 0.1) is 10.1 Å². The van der Waals surface area contributed by atoms with E-state index >= 15 is 0 Å². The summed E-state index contributed by atoms with van der Waals surface area (Å²) in [6.45, 7) is 0. The molecule has 0 heterocycles. The average molecular weight is 388 g/mol. The van der Waals surface area contributed by atoms with Crippen molar-refractivity contribution in [2.24, 2.45) is 27.2 Å². The second-order valence-electron chi connectivity index (χ2n) is 4.67. The van der Waals surface area contributed by atoms with Gasteiger partial charge in [0.25, 0.3) is 11.3 Å². The minimum Gasteiger partial charge on any atom is -0.370 e. The van der Waals surface area contributed by atoms with Crippen molar-refractivity contribution in [1.82, 2.24) is 0 Å². The Balaban J connectivity index is 3.67. The van der Waals surface area contributed by atoms with Gasteiger partial charge in [-0.15, -0.1) is 0 Å². The lowest BCUT2D eigenvalue weighted by Gasteiger charge is -2.32. The molecule has 1 aromatic carbocycles. The van der Waals surface area contributed by atoms with Crippen LogP contribution in [0.4, 0.5) is 37.7 Å². The molecule has 0 spiro atoms. The van der Waals surface area contributed by atoms with Crippen LogP contribution in [0.5, 0.6) is 0 Å². The van der Waals surface area contributed by atoms with Crippen LogP contribution in [0.15, 0.2) is 28.2 Å². The van der Waals surface area contributed by atoms with E-state index in [2.05, 4.69) is 9.98 Å². The molecule has 15 heteroatoms. The van der Waals surface area contributed by atoms with E-state index in [-0.39, 0.29) is 12.1 Å². The Kier molecular flexibility index (Phi) is 5.36. The number of hydrogen-bond donors (Lipinski definition) is 4. The molecule has 0 fully saturated rings. The number of hydrogen-bond acceptors (Lipinski definition) is 4. The van der Waals surface area contributed by atoms with E-state index in [9.17, 15) is 41.6 Å². The molecule has 0 aliphatic heterocycles. The van der Waals surface area contributed by atoms with E-state index in [0.29, 0.717) is 6.07 Å². The number of halogens is 6. The topological polar surface area (TPSA) is 166 Å². The maximum absolute atomic E-state index is 12.8. The second kappa shape index (κ2) is 6.66. The highest BCUT2D eigenvalue weighted by Gasteiger charge is 2.71. The summed E-state index contributed by atoms with van der Waals surface area (Å²) in [7, 11) is 0. The molecule has 0 saturated heterocycles. The minimum absolute atomic E-state index is 0.122. The average Bonchev–Trinajstić information content (AvgIpc) is 2.43. The number of aliphatic imine (C=N–C) groups is 2. The summed E-state index contributed by atoms with van der Waals surface area (Å²) < 4.78 is 77.0. The Morgan fingerprint density at radius 2 is 1.58 bits per heavy atom. The molecule has 26 heavy (non-hydrogen) atoms. The number of nitro benzene ring substituents is 1. The highest BCUT2D eigenvalue weighted by Crippen LogP contribution is 2.51. The number of nitro groups is 1. The number of rotatable bonds is 3. The Hall–Kier alpha value is -3.10. The van der Waals surface area contributed by atoms with Crippen molar-refractivity contribution in [1.29, 1.82) is 0 Å². The molecule has 9 nitrogen and oxygen atoms in total. The largest absolute Gasteiger partial charge is 0.430 e. The van der Waals surface area contributed by atoms with Crippen LogP contribution < -0.4 is 17.2 Å². The lowest BCUT2D eigenvalue weighted by molar-refractivity contribution is -0.386. The van der Waals surface area contributed by atoms with Gasteiger partial charge in [0.05, 0.1) is 4.92 Å². The van der Waals surface area contributed by atoms with Crippen LogP contribution in [-0.2, 0) is 5.60 Å². The van der Waals surface area contributed by atoms with Crippen LogP contribution in [0.1, 0.15) is 5.56 Å². The number of nitrogens with zero attached hydrogens (tertiary/aromatic N) is 3. The van der Waals surface area contributed by atoms with Crippen LogP contribution >= 0.6 is 0 Å². The third-order valence-electron chi connectivity index (χ3n) is 2.89. The van der Waals surface area contributed by atoms with E-state index in [4.69, 9.17) is 17.2 Å². The van der Waals surface area contributed by atoms with Crippen molar-refractivity contribution in [3.05, 3.63) is 33.9 Å². The van der Waals surface area contributed by atoms with Gasteiger partial charge in [0.15, 0.2) is 5.96 Å². The first-order valence-electron chi connectivity index (χ1n) is 6.19. The summed E-state index contributed by atoms with van der Waals surface area (Å²) in [6.07, 6.45) is -12.4. The predicted molar refractivity (Wildman–Crippen MR) is 76.2 cm³/mol.